The fraction of sp³-hybridized carbons (Fsp3) is 0.0189. The molecule has 0 atom stereocenters. The lowest BCUT2D eigenvalue weighted by atomic mass is 9.62. The largest absolute Gasteiger partial charge is 0.456 e. The number of hydrogen-bond acceptors (Lipinski definition) is 2. The minimum absolute atomic E-state index is 0.673. The molecule has 66 heavy (non-hydrogen) atoms. The van der Waals surface area contributed by atoms with Crippen LogP contribution in [-0.4, -0.2) is 92.9 Å². The summed E-state index contributed by atoms with van der Waals surface area (Å²) >= 11 is 0. The Kier molecular flexibility index (Phi) is 12.1. The maximum Gasteiger partial charge on any atom is 0.151 e. The van der Waals surface area contributed by atoms with Crippen molar-refractivity contribution >= 4 is 180 Å². The monoisotopic (exact) mass is 835 g/mol. The Morgan fingerprint density at radius 3 is 1.67 bits per heavy atom. The molecule has 0 unspecified atom stereocenters. The molecule has 0 N–H and O–H groups in total. The van der Waals surface area contributed by atoms with Crippen molar-refractivity contribution in [2.24, 2.45) is 0 Å². The summed E-state index contributed by atoms with van der Waals surface area (Å²) in [6.45, 7) is 0.673. The van der Waals surface area contributed by atoms with E-state index in [1.165, 1.54) is 110 Å². The number of hydrogen-bond donors (Lipinski definition) is 0. The van der Waals surface area contributed by atoms with Crippen molar-refractivity contribution in [1.29, 1.82) is 0 Å². The van der Waals surface area contributed by atoms with Crippen molar-refractivity contribution in [3.05, 3.63) is 162 Å². The van der Waals surface area contributed by atoms with E-state index in [4.69, 9.17) is 10.8 Å². The molecule has 1 aromatic heterocycles. The van der Waals surface area contributed by atoms with Gasteiger partial charge < -0.3 is 9.32 Å². The number of benzene rings is 8. The lowest BCUT2D eigenvalue weighted by Gasteiger charge is -2.37. The van der Waals surface area contributed by atoms with E-state index in [2.05, 4.69) is 231 Å². The van der Waals surface area contributed by atoms with Crippen molar-refractivity contribution in [2.75, 3.05) is 11.4 Å². The molecule has 0 saturated heterocycles. The summed E-state index contributed by atoms with van der Waals surface area (Å²) in [6, 6.07) is 50.0. The van der Waals surface area contributed by atoms with E-state index in [-0.39, 0.29) is 0 Å². The summed E-state index contributed by atoms with van der Waals surface area (Å²) in [5.41, 5.74) is 27.6. The number of nitrogens with zero attached hydrogens (tertiary/aromatic N) is 1. The Labute approximate surface area is 400 Å². The van der Waals surface area contributed by atoms with Crippen LogP contribution in [0.1, 0.15) is 5.56 Å². The van der Waals surface area contributed by atoms with Gasteiger partial charge in [0.2, 0.25) is 0 Å². The number of fused-ring (bicyclic) bond motifs is 4. The van der Waals surface area contributed by atoms with Crippen LogP contribution in [0.4, 0.5) is 11.4 Å². The van der Waals surface area contributed by atoms with Crippen molar-refractivity contribution in [3.8, 4) is 45.7 Å². The molecule has 1 heterocycles. The quantitative estimate of drug-likeness (QED) is 0.0884. The maximum absolute atomic E-state index is 6.42. The zero-order valence-electron chi connectivity index (χ0n) is 40.4. The smallest absolute Gasteiger partial charge is 0.151 e. The Balaban J connectivity index is 1.23. The molecule has 9 aromatic rings. The highest BCUT2D eigenvalue weighted by Gasteiger charge is 2.27. The predicted octanol–water partition coefficient (Wildman–Crippen LogP) is -2.90. The molecule has 0 bridgehead atoms. The molecule has 9 rings (SSSR count). The van der Waals surface area contributed by atoms with Crippen LogP contribution in [0.3, 0.4) is 0 Å². The van der Waals surface area contributed by atoms with Crippen LogP contribution in [0.5, 0.6) is 0 Å². The lowest BCUT2D eigenvalue weighted by molar-refractivity contribution is 0.669. The second kappa shape index (κ2) is 18.0. The van der Waals surface area contributed by atoms with E-state index in [9.17, 15) is 0 Å². The molecule has 0 spiro atoms. The standard InChI is InChI=1S/C53H48B11NO/c1-2-36(54)40(30-17-10-16-29(24-30)33-20-11-15-27-12-6-7-18-32(27)33)43(56)37(55)26-65(52-48(61)44(57)41(45(58)49(52)62)28-13-4-3-5-14-28)53-50(63)46(59)42(47(60)51(53)64)31-22-23-35-34-19-8-9-21-38(34)66-39(35)25-31/h1,3-25H,26,54-64H2/b40-36+,43-37-. The first-order chi connectivity index (χ1) is 31.8. The minimum atomic E-state index is 0.673. The molecule has 8 aromatic carbocycles. The summed E-state index contributed by atoms with van der Waals surface area (Å²) < 4.78 is 6.42. The van der Waals surface area contributed by atoms with E-state index in [1.54, 1.807) is 0 Å². The van der Waals surface area contributed by atoms with Crippen LogP contribution in [0.25, 0.3) is 71.7 Å². The fourth-order valence-electron chi connectivity index (χ4n) is 10.7. The topological polar surface area (TPSA) is 16.4 Å². The van der Waals surface area contributed by atoms with Crippen LogP contribution in [-0.2, 0) is 0 Å². The molecule has 2 nitrogen and oxygen atoms in total. The molecular weight excluding hydrogens is 786 g/mol. The number of anilines is 2. The van der Waals surface area contributed by atoms with E-state index < -0.39 is 0 Å². The molecular formula is C53H48B11NO. The Morgan fingerprint density at radius 1 is 0.485 bits per heavy atom. The van der Waals surface area contributed by atoms with E-state index in [0.29, 0.717) is 6.54 Å². The average Bonchev–Trinajstić information content (AvgIpc) is 3.71. The van der Waals surface area contributed by atoms with Crippen LogP contribution >= 0.6 is 0 Å². The van der Waals surface area contributed by atoms with Crippen molar-refractivity contribution in [2.45, 2.75) is 0 Å². The molecule has 0 amide bonds. The van der Waals surface area contributed by atoms with E-state index >= 15 is 0 Å². The SMILES string of the molecule is B/C(CN(c1c(B)c(B)c(-c2ccccc2)c(B)c1B)c1c(B)c(B)c(-c2ccc3c(c2)oc2ccccc23)c(B)c1B)=C(B)/C(=C(/B)C#C)c1cccc(-c2cccc3ccccc23)c1. The normalized spacial score (nSPS) is 12.2. The van der Waals surface area contributed by atoms with Crippen LogP contribution in [0, 0.1) is 12.3 Å². The fourth-order valence-corrected chi connectivity index (χ4v) is 10.7. The Bertz CT molecular complexity index is 3490. The van der Waals surface area contributed by atoms with Gasteiger partial charge in [0.05, 0.1) is 0 Å². The Hall–Kier alpha value is -6.63. The highest BCUT2D eigenvalue weighted by atomic mass is 16.3. The first-order valence-corrected chi connectivity index (χ1v) is 23.2. The van der Waals surface area contributed by atoms with Crippen LogP contribution < -0.4 is 48.6 Å². The molecule has 0 aliphatic rings. The van der Waals surface area contributed by atoms with E-state index in [1.807, 2.05) is 6.07 Å². The molecule has 0 saturated carbocycles. The summed E-state index contributed by atoms with van der Waals surface area (Å²) in [6.07, 6.45) is 6.33. The van der Waals surface area contributed by atoms with Crippen molar-refractivity contribution in [3.63, 3.8) is 0 Å². The molecule has 304 valence electrons. The summed E-state index contributed by atoms with van der Waals surface area (Å²) in [4.78, 5) is 2.63. The molecule has 0 aliphatic heterocycles. The maximum atomic E-state index is 6.42. The lowest BCUT2D eigenvalue weighted by Crippen LogP contribution is -2.52. The van der Waals surface area contributed by atoms with Gasteiger partial charge in [-0.15, -0.1) is 6.42 Å². The van der Waals surface area contributed by atoms with Crippen LogP contribution in [0.2, 0.25) is 0 Å². The van der Waals surface area contributed by atoms with Crippen LogP contribution in [0.15, 0.2) is 160 Å². The zero-order valence-corrected chi connectivity index (χ0v) is 40.4. The first kappa shape index (κ1) is 44.6. The summed E-state index contributed by atoms with van der Waals surface area (Å²) in [7, 11) is 25.1. The second-order valence-corrected chi connectivity index (χ2v) is 18.4. The minimum Gasteiger partial charge on any atom is -0.456 e. The molecule has 0 fully saturated rings. The molecule has 0 radical (unpaired) electrons. The number of rotatable bonds is 9. The number of para-hydroxylation sites is 1. The van der Waals surface area contributed by atoms with Gasteiger partial charge in [-0.05, 0) is 85.0 Å². The Morgan fingerprint density at radius 2 is 1.02 bits per heavy atom. The zero-order chi connectivity index (χ0) is 46.6. The third-order valence-corrected chi connectivity index (χ3v) is 14.7. The molecule has 0 aliphatic carbocycles. The highest BCUT2D eigenvalue weighted by molar-refractivity contribution is 6.65. The third kappa shape index (κ3) is 7.65. The van der Waals surface area contributed by atoms with Gasteiger partial charge >= 0.3 is 0 Å². The average molecular weight is 834 g/mol. The third-order valence-electron chi connectivity index (χ3n) is 14.7. The second-order valence-electron chi connectivity index (χ2n) is 18.4. The predicted molar refractivity (Wildman–Crippen MR) is 321 cm³/mol. The summed E-state index contributed by atoms with van der Waals surface area (Å²) in [5.74, 6) is 3.06. The first-order valence-electron chi connectivity index (χ1n) is 23.2. The van der Waals surface area contributed by atoms with Gasteiger partial charge in [-0.3, -0.25) is 0 Å². The van der Waals surface area contributed by atoms with Gasteiger partial charge in [0.25, 0.3) is 0 Å². The number of furan rings is 1. The number of allylic oxidation sites excluding steroid dienone is 3. The van der Waals surface area contributed by atoms with Gasteiger partial charge in [-0.2, -0.15) is 0 Å². The molecule has 13 heteroatoms. The van der Waals surface area contributed by atoms with Gasteiger partial charge in [0, 0.05) is 28.7 Å². The van der Waals surface area contributed by atoms with Gasteiger partial charge in [-0.25, -0.2) is 0 Å². The summed E-state index contributed by atoms with van der Waals surface area (Å²) in [5, 5.41) is 4.75. The highest BCUT2D eigenvalue weighted by Crippen LogP contribution is 2.35. The van der Waals surface area contributed by atoms with Gasteiger partial charge in [0.15, 0.2) is 7.85 Å². The number of terminal acetylenes is 1. The van der Waals surface area contributed by atoms with Crippen molar-refractivity contribution < 1.29 is 4.42 Å². The van der Waals surface area contributed by atoms with Crippen molar-refractivity contribution in [1.82, 2.24) is 0 Å². The van der Waals surface area contributed by atoms with Gasteiger partial charge in [0.1, 0.15) is 89.6 Å². The van der Waals surface area contributed by atoms with E-state index in [0.717, 1.165) is 38.5 Å². The van der Waals surface area contributed by atoms with Gasteiger partial charge in [-0.1, -0.05) is 176 Å².